The molecule has 4 heteroatoms. The number of ketones is 1. The zero-order valence-corrected chi connectivity index (χ0v) is 13.1. The van der Waals surface area contributed by atoms with Gasteiger partial charge >= 0.3 is 11.5 Å². The Balaban J connectivity index is 2.13. The lowest BCUT2D eigenvalue weighted by Gasteiger charge is -2.09. The van der Waals surface area contributed by atoms with Gasteiger partial charge in [-0.25, -0.2) is 4.42 Å². The predicted molar refractivity (Wildman–Crippen MR) is 87.3 cm³/mol. The largest absolute Gasteiger partial charge is 0.493 e. The van der Waals surface area contributed by atoms with Crippen LogP contribution in [0, 0.1) is 6.92 Å². The Morgan fingerprint density at radius 2 is 1.52 bits per heavy atom. The number of hydrogen-bond acceptors (Lipinski definition) is 3. The fraction of sp³-hybridized carbons (Fsp3) is 0.158. The molecule has 0 saturated heterocycles. The van der Waals surface area contributed by atoms with Crippen LogP contribution in [0.25, 0.3) is 22.1 Å². The Kier molecular flexibility index (Phi) is 2.88. The zero-order valence-electron chi connectivity index (χ0n) is 13.1. The number of ether oxygens (including phenoxy) is 2. The zero-order chi connectivity index (χ0) is 16.1. The van der Waals surface area contributed by atoms with Gasteiger partial charge in [-0.1, -0.05) is 18.2 Å². The highest BCUT2D eigenvalue weighted by molar-refractivity contribution is 6.26. The van der Waals surface area contributed by atoms with E-state index in [1.54, 1.807) is 14.2 Å². The van der Waals surface area contributed by atoms with Crippen molar-refractivity contribution in [1.82, 2.24) is 0 Å². The lowest BCUT2D eigenvalue weighted by molar-refractivity contribution is 0.104. The van der Waals surface area contributed by atoms with Crippen molar-refractivity contribution in [2.45, 2.75) is 6.92 Å². The standard InChI is InChI=1S/C19H15O4/c1-10-13-8-15(21-2)16(22-3)9-14(13)17-18(20)11-6-4-5-7-12(11)19(17)23-10/h4-9H,1-3H3/q+1. The molecule has 1 aromatic heterocycles. The number of methoxy groups -OCH3 is 2. The summed E-state index contributed by atoms with van der Waals surface area (Å²) in [6, 6.07) is 11.2. The summed E-state index contributed by atoms with van der Waals surface area (Å²) in [7, 11) is 3.17. The van der Waals surface area contributed by atoms with Gasteiger partial charge in [0.25, 0.3) is 0 Å². The molecule has 3 aromatic rings. The van der Waals surface area contributed by atoms with E-state index in [-0.39, 0.29) is 5.78 Å². The highest BCUT2D eigenvalue weighted by atomic mass is 16.5. The maximum absolute atomic E-state index is 12.8. The third kappa shape index (κ3) is 1.78. The van der Waals surface area contributed by atoms with Crippen LogP contribution in [0.3, 0.4) is 0 Å². The van der Waals surface area contributed by atoms with Crippen molar-refractivity contribution in [3.05, 3.63) is 53.3 Å². The molecular weight excluding hydrogens is 292 g/mol. The maximum Gasteiger partial charge on any atom is 0.372 e. The lowest BCUT2D eigenvalue weighted by atomic mass is 10.0. The third-order valence-corrected chi connectivity index (χ3v) is 4.30. The summed E-state index contributed by atoms with van der Waals surface area (Å²) in [4.78, 5) is 12.8. The summed E-state index contributed by atoms with van der Waals surface area (Å²) >= 11 is 0. The number of fused-ring (bicyclic) bond motifs is 5. The van der Waals surface area contributed by atoms with Crippen LogP contribution in [-0.4, -0.2) is 20.0 Å². The molecule has 1 aliphatic rings. The van der Waals surface area contributed by atoms with E-state index in [1.165, 1.54) is 0 Å². The van der Waals surface area contributed by atoms with Gasteiger partial charge in [-0.05, 0) is 12.1 Å². The smallest absolute Gasteiger partial charge is 0.372 e. The van der Waals surface area contributed by atoms with Crippen molar-refractivity contribution in [1.29, 1.82) is 0 Å². The van der Waals surface area contributed by atoms with Gasteiger partial charge in [-0.2, -0.15) is 0 Å². The van der Waals surface area contributed by atoms with Crippen LogP contribution in [0.2, 0.25) is 0 Å². The first kappa shape index (κ1) is 13.8. The molecule has 4 nitrogen and oxygen atoms in total. The third-order valence-electron chi connectivity index (χ3n) is 4.30. The molecule has 0 N–H and O–H groups in total. The van der Waals surface area contributed by atoms with Gasteiger partial charge in [-0.15, -0.1) is 0 Å². The minimum atomic E-state index is -0.0171. The summed E-state index contributed by atoms with van der Waals surface area (Å²) in [5.74, 6) is 2.56. The van der Waals surface area contributed by atoms with Crippen LogP contribution in [0.4, 0.5) is 0 Å². The average molecular weight is 307 g/mol. The van der Waals surface area contributed by atoms with E-state index >= 15 is 0 Å². The fourth-order valence-corrected chi connectivity index (χ4v) is 3.19. The number of hydrogen-bond donors (Lipinski definition) is 0. The van der Waals surface area contributed by atoms with E-state index < -0.39 is 0 Å². The first-order chi connectivity index (χ1) is 11.2. The number of carbonyl (C=O) groups is 1. The van der Waals surface area contributed by atoms with Gasteiger partial charge in [0.15, 0.2) is 11.5 Å². The minimum Gasteiger partial charge on any atom is -0.493 e. The van der Waals surface area contributed by atoms with Crippen molar-refractivity contribution < 1.29 is 18.7 Å². The second-order valence-electron chi connectivity index (χ2n) is 5.49. The first-order valence-electron chi connectivity index (χ1n) is 7.32. The molecule has 4 rings (SSSR count). The Morgan fingerprint density at radius 1 is 0.913 bits per heavy atom. The van der Waals surface area contributed by atoms with Gasteiger partial charge in [0.05, 0.1) is 32.1 Å². The van der Waals surface area contributed by atoms with Crippen molar-refractivity contribution in [2.75, 3.05) is 14.2 Å². The Hall–Kier alpha value is -2.88. The second-order valence-corrected chi connectivity index (χ2v) is 5.49. The van der Waals surface area contributed by atoms with Crippen molar-refractivity contribution in [2.24, 2.45) is 0 Å². The van der Waals surface area contributed by atoms with Crippen LogP contribution in [0.5, 0.6) is 11.5 Å². The van der Waals surface area contributed by atoms with Crippen molar-refractivity contribution in [3.8, 4) is 22.8 Å². The van der Waals surface area contributed by atoms with Crippen LogP contribution in [-0.2, 0) is 0 Å². The molecule has 23 heavy (non-hydrogen) atoms. The molecule has 0 saturated carbocycles. The normalized spacial score (nSPS) is 12.2. The van der Waals surface area contributed by atoms with Crippen LogP contribution >= 0.6 is 0 Å². The van der Waals surface area contributed by atoms with Gasteiger partial charge in [-0.3, -0.25) is 4.79 Å². The van der Waals surface area contributed by atoms with Crippen LogP contribution in [0.1, 0.15) is 21.7 Å². The summed E-state index contributed by atoms with van der Waals surface area (Å²) in [6.07, 6.45) is 0. The molecule has 0 fully saturated rings. The van der Waals surface area contributed by atoms with Gasteiger partial charge in [0, 0.05) is 17.0 Å². The van der Waals surface area contributed by atoms with Crippen molar-refractivity contribution in [3.63, 3.8) is 0 Å². The van der Waals surface area contributed by atoms with E-state index in [0.717, 1.165) is 22.1 Å². The summed E-state index contributed by atoms with van der Waals surface area (Å²) < 4.78 is 16.7. The predicted octanol–water partition coefficient (Wildman–Crippen LogP) is 4.25. The quantitative estimate of drug-likeness (QED) is 0.519. The van der Waals surface area contributed by atoms with Gasteiger partial charge in [0.1, 0.15) is 5.56 Å². The minimum absolute atomic E-state index is 0.0171. The van der Waals surface area contributed by atoms with E-state index in [0.29, 0.717) is 28.4 Å². The maximum atomic E-state index is 12.8. The number of benzene rings is 2. The highest BCUT2D eigenvalue weighted by Crippen LogP contribution is 2.44. The van der Waals surface area contributed by atoms with E-state index in [2.05, 4.69) is 0 Å². The molecule has 0 atom stereocenters. The monoisotopic (exact) mass is 307 g/mol. The van der Waals surface area contributed by atoms with Gasteiger partial charge < -0.3 is 9.47 Å². The Labute approximate surface area is 133 Å². The molecule has 1 heterocycles. The summed E-state index contributed by atoms with van der Waals surface area (Å²) in [5.41, 5.74) is 2.10. The molecule has 114 valence electrons. The summed E-state index contributed by atoms with van der Waals surface area (Å²) in [5, 5.41) is 1.67. The van der Waals surface area contributed by atoms with E-state index in [9.17, 15) is 4.79 Å². The number of aryl methyl sites for hydroxylation is 1. The van der Waals surface area contributed by atoms with E-state index in [4.69, 9.17) is 13.9 Å². The van der Waals surface area contributed by atoms with Crippen LogP contribution < -0.4 is 9.47 Å². The lowest BCUT2D eigenvalue weighted by Crippen LogP contribution is -1.98. The molecule has 0 radical (unpaired) electrons. The molecular formula is C19H15O4+. The molecule has 0 aliphatic heterocycles. The molecule has 0 bridgehead atoms. The average Bonchev–Trinajstić information content (AvgIpc) is 2.87. The number of rotatable bonds is 2. The molecule has 2 aromatic carbocycles. The van der Waals surface area contributed by atoms with Crippen LogP contribution in [0.15, 0.2) is 40.8 Å². The molecule has 0 amide bonds. The SMILES string of the molecule is COc1cc2c(C)[o+]c3c(c2cc1OC)C(=O)c1ccccc1-3. The first-order valence-corrected chi connectivity index (χ1v) is 7.32. The molecule has 0 spiro atoms. The number of carbonyl (C=O) groups excluding carboxylic acids is 1. The Bertz CT molecular complexity index is 973. The fourth-order valence-electron chi connectivity index (χ4n) is 3.19. The summed E-state index contributed by atoms with van der Waals surface area (Å²) in [6.45, 7) is 1.89. The topological polar surface area (TPSA) is 46.8 Å². The molecule has 1 aliphatic carbocycles. The Morgan fingerprint density at radius 3 is 2.17 bits per heavy atom. The van der Waals surface area contributed by atoms with E-state index in [1.807, 2.05) is 43.3 Å². The second kappa shape index (κ2) is 4.81. The molecule has 0 unspecified atom stereocenters. The van der Waals surface area contributed by atoms with Gasteiger partial charge in [0.2, 0.25) is 5.78 Å². The van der Waals surface area contributed by atoms with Crippen molar-refractivity contribution >= 4 is 16.6 Å². The highest BCUT2D eigenvalue weighted by Gasteiger charge is 2.39.